The van der Waals surface area contributed by atoms with Crippen LogP contribution in [-0.2, 0) is 4.79 Å². The molecule has 0 saturated heterocycles. The first kappa shape index (κ1) is 14.8. The van der Waals surface area contributed by atoms with Gasteiger partial charge in [-0.05, 0) is 43.9 Å². The molecule has 0 aromatic rings. The highest BCUT2D eigenvalue weighted by Crippen LogP contribution is 2.30. The molecule has 19 heavy (non-hydrogen) atoms. The average molecular weight is 267 g/mol. The van der Waals surface area contributed by atoms with Crippen LogP contribution in [0.25, 0.3) is 0 Å². The summed E-state index contributed by atoms with van der Waals surface area (Å²) in [7, 11) is 1.97. The normalized spacial score (nSPS) is 28.5. The van der Waals surface area contributed by atoms with E-state index in [9.17, 15) is 4.79 Å². The zero-order valence-corrected chi connectivity index (χ0v) is 12.3. The Kier molecular flexibility index (Phi) is 5.68. The molecule has 0 aromatic heterocycles. The summed E-state index contributed by atoms with van der Waals surface area (Å²) in [6.45, 7) is 0.312. The molecule has 1 N–H and O–H groups in total. The van der Waals surface area contributed by atoms with Crippen LogP contribution in [0.3, 0.4) is 0 Å². The highest BCUT2D eigenvalue weighted by atomic mass is 16.3. The number of hydrogen-bond acceptors (Lipinski definition) is 2. The van der Waals surface area contributed by atoms with E-state index in [1.807, 2.05) is 11.9 Å². The molecule has 0 spiro atoms. The van der Waals surface area contributed by atoms with Crippen molar-refractivity contribution in [1.29, 1.82) is 0 Å². The minimum absolute atomic E-state index is 0.312. The predicted octanol–water partition coefficient (Wildman–Crippen LogP) is 2.97. The Balaban J connectivity index is 1.69. The lowest BCUT2D eigenvalue weighted by molar-refractivity contribution is -0.133. The van der Waals surface area contributed by atoms with E-state index >= 15 is 0 Å². The van der Waals surface area contributed by atoms with E-state index in [0.29, 0.717) is 24.5 Å². The number of aliphatic hydroxyl groups excluding tert-OH is 1. The van der Waals surface area contributed by atoms with Crippen LogP contribution >= 0.6 is 0 Å². The topological polar surface area (TPSA) is 40.5 Å². The fourth-order valence-electron chi connectivity index (χ4n) is 3.72. The van der Waals surface area contributed by atoms with Gasteiger partial charge in [0.25, 0.3) is 0 Å². The molecule has 2 fully saturated rings. The summed E-state index contributed by atoms with van der Waals surface area (Å²) < 4.78 is 0. The van der Waals surface area contributed by atoms with Crippen LogP contribution in [0.5, 0.6) is 0 Å². The number of aliphatic hydroxyl groups is 1. The second-order valence-electron chi connectivity index (χ2n) is 6.55. The molecular weight excluding hydrogens is 238 g/mol. The molecule has 0 atom stereocenters. The van der Waals surface area contributed by atoms with Gasteiger partial charge in [0.2, 0.25) is 5.91 Å². The second-order valence-corrected chi connectivity index (χ2v) is 6.55. The first-order chi connectivity index (χ1) is 9.20. The van der Waals surface area contributed by atoms with Gasteiger partial charge in [-0.3, -0.25) is 4.79 Å². The van der Waals surface area contributed by atoms with Crippen molar-refractivity contribution >= 4 is 5.91 Å². The average Bonchev–Trinajstić information content (AvgIpc) is 2.97. The molecule has 2 saturated carbocycles. The van der Waals surface area contributed by atoms with E-state index in [2.05, 4.69) is 0 Å². The van der Waals surface area contributed by atoms with Crippen molar-refractivity contribution in [2.75, 3.05) is 13.7 Å². The fraction of sp³-hybridized carbons (Fsp3) is 0.938. The Bertz CT molecular complexity index is 278. The van der Waals surface area contributed by atoms with Crippen molar-refractivity contribution in [3.8, 4) is 0 Å². The summed E-state index contributed by atoms with van der Waals surface area (Å²) in [6.07, 6.45) is 11.5. The Morgan fingerprint density at radius 1 is 1.05 bits per heavy atom. The first-order valence-electron chi connectivity index (χ1n) is 8.07. The van der Waals surface area contributed by atoms with Crippen molar-refractivity contribution < 1.29 is 9.90 Å². The maximum Gasteiger partial charge on any atom is 0.222 e. The molecule has 3 heteroatoms. The van der Waals surface area contributed by atoms with Crippen molar-refractivity contribution in [1.82, 2.24) is 4.90 Å². The molecule has 0 radical (unpaired) electrons. The molecule has 2 rings (SSSR count). The number of amides is 1. The summed E-state index contributed by atoms with van der Waals surface area (Å²) in [4.78, 5) is 14.2. The van der Waals surface area contributed by atoms with Gasteiger partial charge in [0.05, 0.1) is 0 Å². The Morgan fingerprint density at radius 2 is 1.68 bits per heavy atom. The maximum atomic E-state index is 12.2. The Morgan fingerprint density at radius 3 is 2.26 bits per heavy atom. The highest BCUT2D eigenvalue weighted by molar-refractivity contribution is 5.76. The standard InChI is InChI=1S/C16H29NO2/c1-17(15-9-6-14(12-18)7-10-15)16(19)11-8-13-4-2-3-5-13/h13-15,18H,2-12H2,1H3. The summed E-state index contributed by atoms with van der Waals surface area (Å²) in [5.41, 5.74) is 0. The van der Waals surface area contributed by atoms with E-state index < -0.39 is 0 Å². The summed E-state index contributed by atoms with van der Waals surface area (Å²) in [5.74, 6) is 1.61. The third-order valence-corrected chi connectivity index (χ3v) is 5.26. The molecule has 2 aliphatic rings. The Hall–Kier alpha value is -0.570. The summed E-state index contributed by atoms with van der Waals surface area (Å²) in [6, 6.07) is 0.416. The van der Waals surface area contributed by atoms with E-state index in [4.69, 9.17) is 5.11 Å². The molecule has 0 aromatic carbocycles. The number of carbonyl (C=O) groups is 1. The summed E-state index contributed by atoms with van der Waals surface area (Å²) >= 11 is 0. The highest BCUT2D eigenvalue weighted by Gasteiger charge is 2.26. The van der Waals surface area contributed by atoms with Crippen molar-refractivity contribution in [2.24, 2.45) is 11.8 Å². The fourth-order valence-corrected chi connectivity index (χ4v) is 3.72. The van der Waals surface area contributed by atoms with Crippen LogP contribution in [0.1, 0.15) is 64.2 Å². The second kappa shape index (κ2) is 7.28. The van der Waals surface area contributed by atoms with Gasteiger partial charge in [0.1, 0.15) is 0 Å². The van der Waals surface area contributed by atoms with E-state index in [0.717, 1.165) is 44.4 Å². The van der Waals surface area contributed by atoms with E-state index in [1.54, 1.807) is 0 Å². The van der Waals surface area contributed by atoms with Crippen LogP contribution in [0, 0.1) is 11.8 Å². The maximum absolute atomic E-state index is 12.2. The molecule has 0 unspecified atom stereocenters. The van der Waals surface area contributed by atoms with Gasteiger partial charge in [-0.1, -0.05) is 25.7 Å². The third kappa shape index (κ3) is 4.20. The monoisotopic (exact) mass is 267 g/mol. The number of rotatable bonds is 5. The van der Waals surface area contributed by atoms with Gasteiger partial charge in [-0.2, -0.15) is 0 Å². The molecule has 0 heterocycles. The van der Waals surface area contributed by atoms with Crippen LogP contribution in [0.4, 0.5) is 0 Å². The van der Waals surface area contributed by atoms with Crippen molar-refractivity contribution in [3.63, 3.8) is 0 Å². The van der Waals surface area contributed by atoms with Crippen LogP contribution < -0.4 is 0 Å². The van der Waals surface area contributed by atoms with Gasteiger partial charge in [0.15, 0.2) is 0 Å². The van der Waals surface area contributed by atoms with Gasteiger partial charge < -0.3 is 10.0 Å². The van der Waals surface area contributed by atoms with Crippen molar-refractivity contribution in [2.45, 2.75) is 70.3 Å². The molecule has 0 aliphatic heterocycles. The quantitative estimate of drug-likeness (QED) is 0.832. The predicted molar refractivity (Wildman–Crippen MR) is 76.8 cm³/mol. The molecular formula is C16H29NO2. The lowest BCUT2D eigenvalue weighted by Gasteiger charge is -2.34. The molecule has 3 nitrogen and oxygen atoms in total. The van der Waals surface area contributed by atoms with Gasteiger partial charge in [-0.15, -0.1) is 0 Å². The number of hydrogen-bond donors (Lipinski definition) is 1. The first-order valence-corrected chi connectivity index (χ1v) is 8.07. The van der Waals surface area contributed by atoms with Crippen LogP contribution in [0.15, 0.2) is 0 Å². The zero-order valence-electron chi connectivity index (χ0n) is 12.3. The van der Waals surface area contributed by atoms with E-state index in [-0.39, 0.29) is 0 Å². The largest absolute Gasteiger partial charge is 0.396 e. The lowest BCUT2D eigenvalue weighted by atomic mass is 9.86. The summed E-state index contributed by atoms with van der Waals surface area (Å²) in [5, 5.41) is 9.15. The number of nitrogens with zero attached hydrogens (tertiary/aromatic N) is 1. The lowest BCUT2D eigenvalue weighted by Crippen LogP contribution is -2.39. The van der Waals surface area contributed by atoms with Crippen molar-refractivity contribution in [3.05, 3.63) is 0 Å². The van der Waals surface area contributed by atoms with Gasteiger partial charge >= 0.3 is 0 Å². The van der Waals surface area contributed by atoms with Gasteiger partial charge in [0, 0.05) is 26.1 Å². The SMILES string of the molecule is CN(C(=O)CCC1CCCC1)C1CCC(CO)CC1. The molecule has 2 aliphatic carbocycles. The minimum Gasteiger partial charge on any atom is -0.396 e. The van der Waals surface area contributed by atoms with Crippen LogP contribution in [0.2, 0.25) is 0 Å². The Labute approximate surface area is 117 Å². The van der Waals surface area contributed by atoms with Crippen LogP contribution in [-0.4, -0.2) is 35.6 Å². The minimum atomic E-state index is 0.312. The number of carbonyl (C=O) groups excluding carboxylic acids is 1. The molecule has 1 amide bonds. The third-order valence-electron chi connectivity index (χ3n) is 5.26. The van der Waals surface area contributed by atoms with E-state index in [1.165, 1.54) is 25.7 Å². The smallest absolute Gasteiger partial charge is 0.222 e. The molecule has 0 bridgehead atoms. The molecule has 110 valence electrons. The zero-order chi connectivity index (χ0) is 13.7. The van der Waals surface area contributed by atoms with Gasteiger partial charge in [-0.25, -0.2) is 0 Å².